The van der Waals surface area contributed by atoms with Gasteiger partial charge in [0.25, 0.3) is 10.1 Å². The molecule has 4 nitrogen and oxygen atoms in total. The number of hydrogen-bond acceptors (Lipinski definition) is 3. The lowest BCUT2D eigenvalue weighted by Gasteiger charge is -1.92. The fourth-order valence-corrected chi connectivity index (χ4v) is 0.811. The van der Waals surface area contributed by atoms with Gasteiger partial charge in [0, 0.05) is 0 Å². The van der Waals surface area contributed by atoms with E-state index in [-0.39, 0.29) is 5.76 Å². The number of aliphatic hydroxyl groups excluding tert-OH is 1. The second kappa shape index (κ2) is 2.84. The van der Waals surface area contributed by atoms with Gasteiger partial charge >= 0.3 is 0 Å². The van der Waals surface area contributed by atoms with Gasteiger partial charge in [0.05, 0.1) is 0 Å². The van der Waals surface area contributed by atoms with E-state index < -0.39 is 15.9 Å². The fourth-order valence-electron chi connectivity index (χ4n) is 0.270. The first-order valence-electron chi connectivity index (χ1n) is 2.25. The van der Waals surface area contributed by atoms with E-state index in [9.17, 15) is 8.42 Å². The van der Waals surface area contributed by atoms with Crippen molar-refractivity contribution in [2.24, 2.45) is 0 Å². The van der Waals surface area contributed by atoms with E-state index in [1.165, 1.54) is 13.0 Å². The monoisotopic (exact) mass is 152 g/mol. The van der Waals surface area contributed by atoms with Crippen LogP contribution in [0.3, 0.4) is 0 Å². The molecule has 2 N–H and O–H groups in total. The van der Waals surface area contributed by atoms with Gasteiger partial charge in [-0.25, -0.2) is 0 Å². The quantitative estimate of drug-likeness (QED) is 0.442. The van der Waals surface area contributed by atoms with Crippen LogP contribution in [0, 0.1) is 0 Å². The first kappa shape index (κ1) is 8.45. The van der Waals surface area contributed by atoms with Gasteiger partial charge in [-0.2, -0.15) is 8.42 Å². The summed E-state index contributed by atoms with van der Waals surface area (Å²) in [5.74, 6) is -1.05. The second-order valence-electron chi connectivity index (χ2n) is 1.51. The molecule has 0 radical (unpaired) electrons. The van der Waals surface area contributed by atoms with Crippen LogP contribution in [0.4, 0.5) is 0 Å². The number of aliphatic hydroxyl groups is 1. The molecule has 9 heavy (non-hydrogen) atoms. The van der Waals surface area contributed by atoms with Gasteiger partial charge in [-0.15, -0.1) is 0 Å². The van der Waals surface area contributed by atoms with Crippen molar-refractivity contribution >= 4 is 10.1 Å². The Labute approximate surface area is 53.6 Å². The number of hydrogen-bond donors (Lipinski definition) is 2. The molecule has 0 spiro atoms. The van der Waals surface area contributed by atoms with Gasteiger partial charge in [0.15, 0.2) is 0 Å². The van der Waals surface area contributed by atoms with E-state index in [0.29, 0.717) is 0 Å². The smallest absolute Gasteiger partial charge is 0.272 e. The summed E-state index contributed by atoms with van der Waals surface area (Å²) in [6.45, 7) is 1.47. The second-order valence-corrected chi connectivity index (χ2v) is 2.96. The van der Waals surface area contributed by atoms with Crippen molar-refractivity contribution in [3.63, 3.8) is 0 Å². The summed E-state index contributed by atoms with van der Waals surface area (Å²) >= 11 is 0. The van der Waals surface area contributed by atoms with Crippen molar-refractivity contribution in [2.45, 2.75) is 6.92 Å². The third-order valence-corrected chi connectivity index (χ3v) is 1.32. The highest BCUT2D eigenvalue weighted by Crippen LogP contribution is 1.92. The van der Waals surface area contributed by atoms with E-state index in [0.717, 1.165) is 0 Å². The highest BCUT2D eigenvalue weighted by atomic mass is 32.2. The van der Waals surface area contributed by atoms with Gasteiger partial charge in [0.1, 0.15) is 11.5 Å². The third kappa shape index (κ3) is 5.32. The van der Waals surface area contributed by atoms with Crippen molar-refractivity contribution in [2.75, 3.05) is 5.75 Å². The molecule has 0 bridgehead atoms. The third-order valence-electron chi connectivity index (χ3n) is 0.664. The Hall–Kier alpha value is -0.550. The molecular weight excluding hydrogens is 144 g/mol. The first-order chi connectivity index (χ1) is 3.95. The molecule has 0 unspecified atom stereocenters. The van der Waals surface area contributed by atoms with Crippen LogP contribution in [-0.2, 0) is 10.1 Å². The summed E-state index contributed by atoms with van der Waals surface area (Å²) in [6, 6.07) is 0. The van der Waals surface area contributed by atoms with Crippen LogP contribution < -0.4 is 0 Å². The Morgan fingerprint density at radius 3 is 2.22 bits per heavy atom. The summed E-state index contributed by atoms with van der Waals surface area (Å²) in [4.78, 5) is 0. The molecule has 0 amide bonds. The highest BCUT2D eigenvalue weighted by Gasteiger charge is 2.05. The Kier molecular flexibility index (Phi) is 2.66. The predicted molar refractivity (Wildman–Crippen MR) is 32.8 cm³/mol. The zero-order valence-corrected chi connectivity index (χ0v) is 5.72. The van der Waals surface area contributed by atoms with Crippen LogP contribution in [0.1, 0.15) is 6.92 Å². The summed E-state index contributed by atoms with van der Waals surface area (Å²) in [5, 5.41) is 8.52. The van der Waals surface area contributed by atoms with E-state index in [1.807, 2.05) is 0 Å². The van der Waals surface area contributed by atoms with Gasteiger partial charge < -0.3 is 5.11 Å². The van der Waals surface area contributed by atoms with Crippen LogP contribution in [0.25, 0.3) is 0 Å². The maximum atomic E-state index is 9.96. The topological polar surface area (TPSA) is 74.6 Å². The van der Waals surface area contributed by atoms with E-state index in [1.54, 1.807) is 0 Å². The van der Waals surface area contributed by atoms with Gasteiger partial charge in [0.2, 0.25) is 0 Å². The largest absolute Gasteiger partial charge is 0.511 e. The lowest BCUT2D eigenvalue weighted by atomic mass is 10.5. The molecule has 0 aliphatic carbocycles. The summed E-state index contributed by atoms with van der Waals surface area (Å²) in [5.41, 5.74) is 0. The molecule has 0 atom stereocenters. The molecule has 0 aromatic carbocycles. The molecule has 0 aliphatic heterocycles. The molecule has 0 heterocycles. The van der Waals surface area contributed by atoms with Crippen LogP contribution >= 0.6 is 0 Å². The van der Waals surface area contributed by atoms with Crippen LogP contribution in [0.15, 0.2) is 11.8 Å². The maximum Gasteiger partial charge on any atom is 0.272 e. The zero-order chi connectivity index (χ0) is 7.49. The van der Waals surface area contributed by atoms with E-state index >= 15 is 0 Å². The fraction of sp³-hybridized carbons (Fsp3) is 0.500. The van der Waals surface area contributed by atoms with Gasteiger partial charge in [-0.05, 0) is 13.0 Å². The minimum Gasteiger partial charge on any atom is -0.511 e. The summed E-state index contributed by atoms with van der Waals surface area (Å²) in [7, 11) is -4.05. The molecule has 0 saturated carbocycles. The molecule has 0 aromatic rings. The highest BCUT2D eigenvalue weighted by molar-refractivity contribution is 7.85. The molecule has 0 aliphatic rings. The zero-order valence-electron chi connectivity index (χ0n) is 4.90. The minimum atomic E-state index is -4.05. The Morgan fingerprint density at radius 1 is 1.67 bits per heavy atom. The van der Waals surface area contributed by atoms with E-state index in [4.69, 9.17) is 9.66 Å². The van der Waals surface area contributed by atoms with Gasteiger partial charge in [-0.3, -0.25) is 4.55 Å². The maximum absolute atomic E-state index is 9.96. The summed E-state index contributed by atoms with van der Waals surface area (Å²) in [6.07, 6.45) is 1.20. The molecular formula is C4H8O4S. The van der Waals surface area contributed by atoms with Crippen molar-refractivity contribution in [3.8, 4) is 0 Å². The van der Waals surface area contributed by atoms with Crippen LogP contribution in [0.5, 0.6) is 0 Å². The standard InChI is InChI=1S/C4H8O4S/c1-2-4(5)3-9(6,7)8/h2,5H,3H2,1H3,(H,6,7,8). The predicted octanol–water partition coefficient (Wildman–Crippen LogP) is 0.336. The van der Waals surface area contributed by atoms with Crippen LogP contribution in [0.2, 0.25) is 0 Å². The molecule has 0 aromatic heterocycles. The van der Waals surface area contributed by atoms with Crippen LogP contribution in [-0.4, -0.2) is 23.8 Å². The molecule has 0 fully saturated rings. The van der Waals surface area contributed by atoms with Gasteiger partial charge in [-0.1, -0.05) is 0 Å². The Balaban J connectivity index is 4.07. The average Bonchev–Trinajstić information content (AvgIpc) is 1.62. The number of rotatable bonds is 2. The van der Waals surface area contributed by atoms with Crippen molar-refractivity contribution in [1.82, 2.24) is 0 Å². The normalized spacial score (nSPS) is 13.8. The summed E-state index contributed by atoms with van der Waals surface area (Å²) < 4.78 is 28.0. The molecule has 0 rings (SSSR count). The molecule has 54 valence electrons. The van der Waals surface area contributed by atoms with Crippen molar-refractivity contribution in [3.05, 3.63) is 11.8 Å². The van der Waals surface area contributed by atoms with Crippen molar-refractivity contribution < 1.29 is 18.1 Å². The number of allylic oxidation sites excluding steroid dienone is 1. The first-order valence-corrected chi connectivity index (χ1v) is 3.86. The molecule has 5 heteroatoms. The Morgan fingerprint density at radius 2 is 2.11 bits per heavy atom. The average molecular weight is 152 g/mol. The SMILES string of the molecule is CC=C(O)CS(=O)(=O)O. The molecule has 0 saturated heterocycles. The Bertz CT molecular complexity index is 201. The lowest BCUT2D eigenvalue weighted by Crippen LogP contribution is -2.05. The van der Waals surface area contributed by atoms with Crippen molar-refractivity contribution in [1.29, 1.82) is 0 Å². The minimum absolute atomic E-state index is 0.350. The lowest BCUT2D eigenvalue weighted by molar-refractivity contribution is 0.404. The van der Waals surface area contributed by atoms with E-state index in [2.05, 4.69) is 0 Å².